The van der Waals surface area contributed by atoms with Gasteiger partial charge in [-0.3, -0.25) is 0 Å². The van der Waals surface area contributed by atoms with Gasteiger partial charge in [-0.25, -0.2) is 0 Å². The van der Waals surface area contributed by atoms with Crippen molar-refractivity contribution in [3.8, 4) is 0 Å². The molecule has 2 heteroatoms. The van der Waals surface area contributed by atoms with Crippen molar-refractivity contribution in [2.45, 2.75) is 71.3 Å². The van der Waals surface area contributed by atoms with Crippen LogP contribution in [0.5, 0.6) is 0 Å². The molecule has 108 valence electrons. The fraction of sp³-hybridized carbons (Fsp3) is 1.00. The molecule has 1 saturated carbocycles. The molecule has 1 aliphatic carbocycles. The molecule has 0 bridgehead atoms. The predicted molar refractivity (Wildman–Crippen MR) is 81.1 cm³/mol. The van der Waals surface area contributed by atoms with Crippen molar-refractivity contribution in [3.05, 3.63) is 0 Å². The zero-order valence-corrected chi connectivity index (χ0v) is 13.1. The average molecular weight is 254 g/mol. The van der Waals surface area contributed by atoms with Gasteiger partial charge in [0.25, 0.3) is 0 Å². The van der Waals surface area contributed by atoms with Gasteiger partial charge in [-0.15, -0.1) is 0 Å². The molecule has 18 heavy (non-hydrogen) atoms. The van der Waals surface area contributed by atoms with Gasteiger partial charge in [0.1, 0.15) is 0 Å². The summed E-state index contributed by atoms with van der Waals surface area (Å²) < 4.78 is 0. The minimum absolute atomic E-state index is 0.272. The lowest BCUT2D eigenvalue weighted by Crippen LogP contribution is -2.36. The van der Waals surface area contributed by atoms with Gasteiger partial charge in [-0.1, -0.05) is 19.3 Å². The second-order valence-electron chi connectivity index (χ2n) is 7.15. The molecule has 0 amide bonds. The molecule has 0 atom stereocenters. The van der Waals surface area contributed by atoms with E-state index in [1.165, 1.54) is 58.0 Å². The van der Waals surface area contributed by atoms with Crippen molar-refractivity contribution in [2.24, 2.45) is 5.92 Å². The number of rotatable bonds is 7. The van der Waals surface area contributed by atoms with Crippen LogP contribution in [0.25, 0.3) is 0 Å². The van der Waals surface area contributed by atoms with E-state index in [4.69, 9.17) is 0 Å². The molecule has 1 N–H and O–H groups in total. The summed E-state index contributed by atoms with van der Waals surface area (Å²) in [6.07, 6.45) is 9.96. The van der Waals surface area contributed by atoms with Crippen LogP contribution in [0.4, 0.5) is 0 Å². The first-order chi connectivity index (χ1) is 8.47. The minimum Gasteiger partial charge on any atom is -0.312 e. The Balaban J connectivity index is 1.97. The monoisotopic (exact) mass is 254 g/mol. The fourth-order valence-electron chi connectivity index (χ4n) is 2.87. The maximum atomic E-state index is 3.56. The van der Waals surface area contributed by atoms with Gasteiger partial charge in [0.05, 0.1) is 0 Å². The zero-order valence-electron chi connectivity index (χ0n) is 13.1. The molecule has 1 fully saturated rings. The second-order valence-corrected chi connectivity index (χ2v) is 7.15. The van der Waals surface area contributed by atoms with Gasteiger partial charge in [-0.05, 0) is 72.5 Å². The molecule has 0 saturated heterocycles. The number of hydrogen-bond acceptors (Lipinski definition) is 2. The van der Waals surface area contributed by atoms with Crippen LogP contribution in [0, 0.1) is 5.92 Å². The summed E-state index contributed by atoms with van der Waals surface area (Å²) in [7, 11) is 2.30. The van der Waals surface area contributed by atoms with E-state index >= 15 is 0 Å². The number of nitrogens with zero attached hydrogens (tertiary/aromatic N) is 1. The molecule has 1 aliphatic rings. The first-order valence-corrected chi connectivity index (χ1v) is 7.91. The van der Waals surface area contributed by atoms with Crippen molar-refractivity contribution < 1.29 is 0 Å². The van der Waals surface area contributed by atoms with Crippen LogP contribution in [0.3, 0.4) is 0 Å². The Morgan fingerprint density at radius 1 is 1.06 bits per heavy atom. The Morgan fingerprint density at radius 3 is 2.33 bits per heavy atom. The first-order valence-electron chi connectivity index (χ1n) is 7.91. The van der Waals surface area contributed by atoms with E-state index in [-0.39, 0.29) is 5.54 Å². The highest BCUT2D eigenvalue weighted by molar-refractivity contribution is 4.71. The molecule has 0 heterocycles. The third-order valence-electron chi connectivity index (χ3n) is 3.92. The van der Waals surface area contributed by atoms with Gasteiger partial charge < -0.3 is 10.2 Å². The summed E-state index contributed by atoms with van der Waals surface area (Å²) in [4.78, 5) is 2.55. The predicted octanol–water partition coefficient (Wildman–Crippen LogP) is 3.67. The van der Waals surface area contributed by atoms with E-state index in [0.29, 0.717) is 0 Å². The molecule has 0 aliphatic heterocycles. The van der Waals surface area contributed by atoms with Crippen LogP contribution in [0.1, 0.15) is 65.7 Å². The molecule has 2 nitrogen and oxygen atoms in total. The average Bonchev–Trinajstić information content (AvgIpc) is 2.28. The molecule has 0 unspecified atom stereocenters. The SMILES string of the molecule is CN(CCCCNC(C)(C)C)CC1CCCCC1. The van der Waals surface area contributed by atoms with E-state index in [9.17, 15) is 0 Å². The molecular weight excluding hydrogens is 220 g/mol. The van der Waals surface area contributed by atoms with E-state index in [1.807, 2.05) is 0 Å². The van der Waals surface area contributed by atoms with Crippen molar-refractivity contribution in [1.82, 2.24) is 10.2 Å². The van der Waals surface area contributed by atoms with Crippen LogP contribution in [0.2, 0.25) is 0 Å². The third kappa shape index (κ3) is 8.10. The lowest BCUT2D eigenvalue weighted by atomic mass is 9.89. The number of hydrogen-bond donors (Lipinski definition) is 1. The molecular formula is C16H34N2. The van der Waals surface area contributed by atoms with Crippen LogP contribution < -0.4 is 5.32 Å². The molecule has 0 radical (unpaired) electrons. The number of nitrogens with one attached hydrogen (secondary N) is 1. The largest absolute Gasteiger partial charge is 0.312 e. The Hall–Kier alpha value is -0.0800. The highest BCUT2D eigenvalue weighted by Crippen LogP contribution is 2.24. The van der Waals surface area contributed by atoms with E-state index in [2.05, 4.69) is 38.0 Å². The lowest BCUT2D eigenvalue weighted by Gasteiger charge is -2.27. The standard InChI is InChI=1S/C16H34N2/c1-16(2,3)17-12-8-9-13-18(4)14-15-10-6-5-7-11-15/h15,17H,5-14H2,1-4H3. The van der Waals surface area contributed by atoms with E-state index in [1.54, 1.807) is 0 Å². The summed E-state index contributed by atoms with van der Waals surface area (Å²) in [6, 6.07) is 0. The van der Waals surface area contributed by atoms with Crippen molar-refractivity contribution in [1.29, 1.82) is 0 Å². The lowest BCUT2D eigenvalue weighted by molar-refractivity contribution is 0.230. The Bertz CT molecular complexity index is 202. The Kier molecular flexibility index (Phi) is 7.25. The summed E-state index contributed by atoms with van der Waals surface area (Å²) in [6.45, 7) is 10.5. The van der Waals surface area contributed by atoms with Crippen molar-refractivity contribution in [3.63, 3.8) is 0 Å². The van der Waals surface area contributed by atoms with Crippen LogP contribution in [0.15, 0.2) is 0 Å². The van der Waals surface area contributed by atoms with Crippen LogP contribution in [-0.4, -0.2) is 37.1 Å². The summed E-state index contributed by atoms with van der Waals surface area (Å²) >= 11 is 0. The van der Waals surface area contributed by atoms with Gasteiger partial charge in [0.2, 0.25) is 0 Å². The van der Waals surface area contributed by atoms with Gasteiger partial charge in [0, 0.05) is 12.1 Å². The smallest absolute Gasteiger partial charge is 0.00965 e. The quantitative estimate of drug-likeness (QED) is 0.697. The van der Waals surface area contributed by atoms with Gasteiger partial charge in [-0.2, -0.15) is 0 Å². The summed E-state index contributed by atoms with van der Waals surface area (Å²) in [5.41, 5.74) is 0.272. The maximum Gasteiger partial charge on any atom is 0.00965 e. The second kappa shape index (κ2) is 8.16. The Morgan fingerprint density at radius 2 is 1.72 bits per heavy atom. The minimum atomic E-state index is 0.272. The summed E-state index contributed by atoms with van der Waals surface area (Å²) in [5, 5.41) is 3.56. The summed E-state index contributed by atoms with van der Waals surface area (Å²) in [5.74, 6) is 0.983. The van der Waals surface area contributed by atoms with E-state index in [0.717, 1.165) is 12.5 Å². The maximum absolute atomic E-state index is 3.56. The van der Waals surface area contributed by atoms with Crippen LogP contribution in [-0.2, 0) is 0 Å². The zero-order chi connectivity index (χ0) is 13.4. The highest BCUT2D eigenvalue weighted by Gasteiger charge is 2.15. The first kappa shape index (κ1) is 16.0. The van der Waals surface area contributed by atoms with Gasteiger partial charge in [0.15, 0.2) is 0 Å². The normalized spacial score (nSPS) is 18.5. The topological polar surface area (TPSA) is 15.3 Å². The van der Waals surface area contributed by atoms with Crippen molar-refractivity contribution >= 4 is 0 Å². The number of unbranched alkanes of at least 4 members (excludes halogenated alkanes) is 1. The molecule has 0 aromatic heterocycles. The molecule has 0 aromatic carbocycles. The molecule has 0 spiro atoms. The third-order valence-corrected chi connectivity index (χ3v) is 3.92. The Labute approximate surface area is 115 Å². The van der Waals surface area contributed by atoms with E-state index < -0.39 is 0 Å². The molecule has 1 rings (SSSR count). The highest BCUT2D eigenvalue weighted by atomic mass is 15.1. The molecule has 0 aromatic rings. The van der Waals surface area contributed by atoms with Gasteiger partial charge >= 0.3 is 0 Å². The fourth-order valence-corrected chi connectivity index (χ4v) is 2.87. The van der Waals surface area contributed by atoms with Crippen molar-refractivity contribution in [2.75, 3.05) is 26.7 Å². The van der Waals surface area contributed by atoms with Crippen LogP contribution >= 0.6 is 0 Å².